The lowest BCUT2D eigenvalue weighted by molar-refractivity contribution is -0.215. The van der Waals surface area contributed by atoms with Crippen molar-refractivity contribution in [3.05, 3.63) is 12.2 Å². The largest absolute Gasteiger partial charge is 0.462 e. The second-order valence-electron chi connectivity index (χ2n) is 7.70. The lowest BCUT2D eigenvalue weighted by atomic mass is 9.62. The van der Waals surface area contributed by atoms with Gasteiger partial charge in [-0.1, -0.05) is 19.1 Å². The molecule has 3 aliphatic rings. The van der Waals surface area contributed by atoms with Crippen LogP contribution >= 0.6 is 0 Å². The van der Waals surface area contributed by atoms with Gasteiger partial charge in [0.25, 0.3) is 0 Å². The minimum Gasteiger partial charge on any atom is -0.462 e. The second kappa shape index (κ2) is 5.03. The van der Waals surface area contributed by atoms with Gasteiger partial charge in [-0.2, -0.15) is 0 Å². The summed E-state index contributed by atoms with van der Waals surface area (Å²) >= 11 is 0. The van der Waals surface area contributed by atoms with Crippen molar-refractivity contribution in [2.45, 2.75) is 63.6 Å². The molecule has 0 bridgehead atoms. The zero-order chi connectivity index (χ0) is 18.1. The van der Waals surface area contributed by atoms with E-state index < -0.39 is 58.7 Å². The first-order valence-electron chi connectivity index (χ1n) is 8.15. The Morgan fingerprint density at radius 1 is 1.38 bits per heavy atom. The molecule has 1 saturated carbocycles. The van der Waals surface area contributed by atoms with E-state index in [1.54, 1.807) is 13.8 Å². The number of carbonyl (C=O) groups excluding carboxylic acids is 2. The number of ether oxygens (including phenoxy) is 2. The monoisotopic (exact) mass is 340 g/mol. The summed E-state index contributed by atoms with van der Waals surface area (Å²) in [6.45, 7) is 5.95. The van der Waals surface area contributed by atoms with Gasteiger partial charge in [0.1, 0.15) is 17.8 Å². The molecule has 0 aromatic carbocycles. The molecule has 0 aromatic heterocycles. The van der Waals surface area contributed by atoms with E-state index in [0.717, 1.165) is 0 Å². The van der Waals surface area contributed by atoms with Crippen LogP contribution in [0.4, 0.5) is 0 Å². The first-order valence-corrected chi connectivity index (χ1v) is 8.15. The fourth-order valence-electron chi connectivity index (χ4n) is 4.77. The summed E-state index contributed by atoms with van der Waals surface area (Å²) < 4.78 is 10.9. The summed E-state index contributed by atoms with van der Waals surface area (Å²) in [6.07, 6.45) is -0.117. The Kier molecular flexibility index (Phi) is 3.64. The van der Waals surface area contributed by atoms with Crippen molar-refractivity contribution >= 4 is 11.9 Å². The van der Waals surface area contributed by atoms with Crippen molar-refractivity contribution in [1.82, 2.24) is 0 Å². The van der Waals surface area contributed by atoms with E-state index in [1.807, 2.05) is 0 Å². The number of carbonyl (C=O) groups is 2. The molecule has 0 radical (unpaired) electrons. The van der Waals surface area contributed by atoms with Crippen LogP contribution in [0.3, 0.4) is 0 Å². The molecule has 134 valence electrons. The minimum absolute atomic E-state index is 0.0716. The Labute approximate surface area is 140 Å². The van der Waals surface area contributed by atoms with E-state index >= 15 is 0 Å². The number of hydrogen-bond acceptors (Lipinski definition) is 7. The number of fused-ring (bicyclic) bond motifs is 3. The van der Waals surface area contributed by atoms with Crippen LogP contribution < -0.4 is 0 Å². The van der Waals surface area contributed by atoms with Gasteiger partial charge in [0.05, 0.1) is 23.0 Å². The fourth-order valence-corrected chi connectivity index (χ4v) is 4.77. The van der Waals surface area contributed by atoms with Gasteiger partial charge in [0.15, 0.2) is 0 Å². The molecule has 7 heteroatoms. The van der Waals surface area contributed by atoms with Gasteiger partial charge >= 0.3 is 11.9 Å². The van der Waals surface area contributed by atoms with Crippen molar-refractivity contribution < 1.29 is 34.4 Å². The van der Waals surface area contributed by atoms with Gasteiger partial charge in [0, 0.05) is 19.3 Å². The Balaban J connectivity index is 2.18. The summed E-state index contributed by atoms with van der Waals surface area (Å²) in [5.74, 6) is -2.16. The van der Waals surface area contributed by atoms with Gasteiger partial charge in [0.2, 0.25) is 0 Å². The molecule has 3 rings (SSSR count). The number of esters is 2. The third-order valence-electron chi connectivity index (χ3n) is 6.25. The molecule has 2 aliphatic carbocycles. The zero-order valence-electron chi connectivity index (χ0n) is 14.2. The van der Waals surface area contributed by atoms with E-state index in [1.165, 1.54) is 26.0 Å². The predicted octanol–water partition coefficient (Wildman–Crippen LogP) is -0.0814. The Morgan fingerprint density at radius 2 is 2.00 bits per heavy atom. The molecule has 3 N–H and O–H groups in total. The van der Waals surface area contributed by atoms with Crippen molar-refractivity contribution in [2.24, 2.45) is 17.3 Å². The normalized spacial score (nSPS) is 53.1. The maximum atomic E-state index is 12.2. The van der Waals surface area contributed by atoms with Crippen LogP contribution in [0.15, 0.2) is 12.2 Å². The SMILES string of the molecule is CC(=O)OC1CC(C)(O)C2(O)C=CC(O)C2(C)C2OC(=O)C(C)C12. The summed E-state index contributed by atoms with van der Waals surface area (Å²) in [4.78, 5) is 23.7. The Morgan fingerprint density at radius 3 is 2.58 bits per heavy atom. The smallest absolute Gasteiger partial charge is 0.309 e. The highest BCUT2D eigenvalue weighted by atomic mass is 16.6. The maximum absolute atomic E-state index is 12.2. The third-order valence-corrected chi connectivity index (χ3v) is 6.25. The number of aliphatic hydroxyl groups excluding tert-OH is 1. The standard InChI is InChI=1S/C17H24O7/c1-8-12-10(23-9(2)18)7-15(3,21)17(22)6-5-11(19)16(17,4)13(12)24-14(8)20/h5-6,8,10-13,19,21-22H,7H2,1-4H3. The Hall–Kier alpha value is -1.44. The lowest BCUT2D eigenvalue weighted by Gasteiger charge is -2.49. The van der Waals surface area contributed by atoms with Crippen LogP contribution in [0.2, 0.25) is 0 Å². The van der Waals surface area contributed by atoms with E-state index in [9.17, 15) is 24.9 Å². The fraction of sp³-hybridized carbons (Fsp3) is 0.765. The van der Waals surface area contributed by atoms with Crippen LogP contribution in [0.5, 0.6) is 0 Å². The number of aliphatic hydroxyl groups is 3. The highest BCUT2D eigenvalue weighted by Gasteiger charge is 2.73. The quantitative estimate of drug-likeness (QED) is 0.452. The van der Waals surface area contributed by atoms with Crippen LogP contribution in [-0.2, 0) is 19.1 Å². The molecule has 0 aromatic rings. The van der Waals surface area contributed by atoms with E-state index in [0.29, 0.717) is 0 Å². The van der Waals surface area contributed by atoms with Gasteiger partial charge in [-0.15, -0.1) is 0 Å². The van der Waals surface area contributed by atoms with E-state index in [-0.39, 0.29) is 6.42 Å². The molecular weight excluding hydrogens is 316 g/mol. The van der Waals surface area contributed by atoms with Gasteiger partial charge in [-0.3, -0.25) is 9.59 Å². The molecule has 0 amide bonds. The third kappa shape index (κ3) is 1.95. The summed E-state index contributed by atoms with van der Waals surface area (Å²) in [7, 11) is 0. The summed E-state index contributed by atoms with van der Waals surface area (Å²) in [5.41, 5.74) is -4.87. The van der Waals surface area contributed by atoms with Crippen LogP contribution in [0.1, 0.15) is 34.1 Å². The first-order chi connectivity index (χ1) is 11.0. The lowest BCUT2D eigenvalue weighted by Crippen LogP contribution is -2.64. The second-order valence-corrected chi connectivity index (χ2v) is 7.70. The Bertz CT molecular complexity index is 612. The maximum Gasteiger partial charge on any atom is 0.309 e. The predicted molar refractivity (Wildman–Crippen MR) is 81.5 cm³/mol. The van der Waals surface area contributed by atoms with Crippen molar-refractivity contribution in [3.63, 3.8) is 0 Å². The van der Waals surface area contributed by atoms with Crippen molar-refractivity contribution in [1.29, 1.82) is 0 Å². The highest BCUT2D eigenvalue weighted by Crippen LogP contribution is 2.59. The minimum atomic E-state index is -1.83. The van der Waals surface area contributed by atoms with Gasteiger partial charge in [-0.25, -0.2) is 0 Å². The van der Waals surface area contributed by atoms with Gasteiger partial charge < -0.3 is 24.8 Å². The molecular formula is C17H24O7. The van der Waals surface area contributed by atoms with Gasteiger partial charge in [-0.05, 0) is 13.8 Å². The van der Waals surface area contributed by atoms with Crippen LogP contribution in [0.25, 0.3) is 0 Å². The molecule has 1 saturated heterocycles. The first kappa shape index (κ1) is 17.4. The highest BCUT2D eigenvalue weighted by molar-refractivity contribution is 5.75. The van der Waals surface area contributed by atoms with Crippen LogP contribution in [0, 0.1) is 17.3 Å². The topological polar surface area (TPSA) is 113 Å². The average molecular weight is 340 g/mol. The molecule has 1 heterocycles. The number of rotatable bonds is 1. The average Bonchev–Trinajstić information content (AvgIpc) is 2.87. The summed E-state index contributed by atoms with van der Waals surface area (Å²) in [5, 5.41) is 32.8. The molecule has 1 aliphatic heterocycles. The molecule has 8 atom stereocenters. The zero-order valence-corrected chi connectivity index (χ0v) is 14.2. The molecule has 24 heavy (non-hydrogen) atoms. The molecule has 8 unspecified atom stereocenters. The van der Waals surface area contributed by atoms with Crippen LogP contribution in [-0.4, -0.2) is 56.8 Å². The summed E-state index contributed by atoms with van der Waals surface area (Å²) in [6, 6.07) is 0. The van der Waals surface area contributed by atoms with Crippen molar-refractivity contribution in [2.75, 3.05) is 0 Å². The van der Waals surface area contributed by atoms with Crippen molar-refractivity contribution in [3.8, 4) is 0 Å². The van der Waals surface area contributed by atoms with E-state index in [2.05, 4.69) is 0 Å². The molecule has 0 spiro atoms. The van der Waals surface area contributed by atoms with E-state index in [4.69, 9.17) is 9.47 Å². The molecule has 2 fully saturated rings. The molecule has 7 nitrogen and oxygen atoms in total. The number of hydrogen-bond donors (Lipinski definition) is 3.